The number of methoxy groups -OCH3 is 1. The number of benzene rings is 2. The number of hydrogen-bond donors (Lipinski definition) is 2. The lowest BCUT2D eigenvalue weighted by Gasteiger charge is -2.14. The summed E-state index contributed by atoms with van der Waals surface area (Å²) < 4.78 is 48.4. The van der Waals surface area contributed by atoms with E-state index in [0.29, 0.717) is 22.0 Å². The number of aromatic nitrogens is 3. The zero-order valence-corrected chi connectivity index (χ0v) is 22.2. The minimum absolute atomic E-state index is 0.00477. The third-order valence-corrected chi connectivity index (χ3v) is 8.00. The number of nitrogens with zero attached hydrogens (tertiary/aromatic N) is 3. The van der Waals surface area contributed by atoms with Crippen molar-refractivity contribution < 1.29 is 22.3 Å². The fraction of sp³-hybridized carbons (Fsp3) is 0.231. The molecule has 1 aliphatic carbocycles. The molecule has 2 heterocycles. The number of hydrogen-bond acceptors (Lipinski definition) is 7. The fourth-order valence-electron chi connectivity index (χ4n) is 3.99. The van der Waals surface area contributed by atoms with Gasteiger partial charge in [0.1, 0.15) is 16.4 Å². The molecule has 0 atom stereocenters. The Kier molecular flexibility index (Phi) is 7.23. The third-order valence-electron chi connectivity index (χ3n) is 6.15. The quantitative estimate of drug-likeness (QED) is 0.313. The highest BCUT2D eigenvalue weighted by molar-refractivity contribution is 7.92. The number of halogens is 2. The summed E-state index contributed by atoms with van der Waals surface area (Å²) in [7, 11) is -2.89. The summed E-state index contributed by atoms with van der Waals surface area (Å²) in [6.07, 6.45) is 5.01. The number of nitrogens with one attached hydrogen (secondary N) is 2. The SMILES string of the molecule is COc1ncc(-c2ccc3ncn(CCC(=O)NC4CC4)c(=O)c3c2)cc1NS(=O)(=O)c1ccc(F)cc1Cl. The first-order valence-corrected chi connectivity index (χ1v) is 13.8. The van der Waals surface area contributed by atoms with Gasteiger partial charge in [-0.05, 0) is 54.8 Å². The fourth-order valence-corrected chi connectivity index (χ4v) is 5.57. The highest BCUT2D eigenvalue weighted by atomic mass is 35.5. The van der Waals surface area contributed by atoms with Crippen LogP contribution in [0.15, 0.2) is 64.7 Å². The Bertz CT molecular complexity index is 1760. The molecular formula is C26H23ClFN5O5S. The molecule has 0 aliphatic heterocycles. The highest BCUT2D eigenvalue weighted by Gasteiger charge is 2.23. The first-order valence-electron chi connectivity index (χ1n) is 12.0. The predicted molar refractivity (Wildman–Crippen MR) is 144 cm³/mol. The third kappa shape index (κ3) is 5.86. The highest BCUT2D eigenvalue weighted by Crippen LogP contribution is 2.32. The number of carbonyl (C=O) groups excluding carboxylic acids is 1. The number of ether oxygens (including phenoxy) is 1. The maximum Gasteiger partial charge on any atom is 0.263 e. The number of amides is 1. The molecule has 1 saturated carbocycles. The van der Waals surface area contributed by atoms with Crippen molar-refractivity contribution in [2.24, 2.45) is 0 Å². The maximum absolute atomic E-state index is 13.4. The maximum atomic E-state index is 13.4. The van der Waals surface area contributed by atoms with Crippen molar-refractivity contribution in [1.82, 2.24) is 19.9 Å². The van der Waals surface area contributed by atoms with Crippen molar-refractivity contribution in [2.45, 2.75) is 36.7 Å². The number of carbonyl (C=O) groups is 1. The molecule has 1 fully saturated rings. The monoisotopic (exact) mass is 571 g/mol. The Labute approximate surface area is 227 Å². The number of pyridine rings is 1. The topological polar surface area (TPSA) is 132 Å². The molecule has 0 saturated heterocycles. The van der Waals surface area contributed by atoms with E-state index in [1.165, 1.54) is 30.3 Å². The van der Waals surface area contributed by atoms with Crippen LogP contribution in [0.2, 0.25) is 5.02 Å². The van der Waals surface area contributed by atoms with Gasteiger partial charge in [-0.25, -0.2) is 22.8 Å². The van der Waals surface area contributed by atoms with Crippen molar-refractivity contribution in [3.8, 4) is 17.0 Å². The number of aryl methyl sites for hydroxylation is 1. The Morgan fingerprint density at radius 2 is 1.95 bits per heavy atom. The number of anilines is 1. The minimum atomic E-state index is -4.22. The van der Waals surface area contributed by atoms with E-state index in [1.54, 1.807) is 18.2 Å². The standard InChI is InChI=1S/C26H23ClFN5O5S/c1-38-25-22(32-39(36,37)23-7-3-17(28)12-20(23)27)11-16(13-29-25)15-2-6-21-19(10-15)26(35)33(14-30-21)9-8-24(34)31-18-4-5-18/h2-3,6-7,10-14,18,32H,4-5,8-9H2,1H3,(H,31,34). The van der Waals surface area contributed by atoms with Gasteiger partial charge in [0, 0.05) is 30.8 Å². The first-order chi connectivity index (χ1) is 18.6. The Balaban J connectivity index is 1.45. The van der Waals surface area contributed by atoms with E-state index >= 15 is 0 Å². The summed E-state index contributed by atoms with van der Waals surface area (Å²) in [5.74, 6) is -0.791. The van der Waals surface area contributed by atoms with Crippen molar-refractivity contribution in [3.05, 3.63) is 76.2 Å². The zero-order chi connectivity index (χ0) is 27.7. The molecule has 1 aliphatic rings. The van der Waals surface area contributed by atoms with Gasteiger partial charge in [0.05, 0.1) is 29.4 Å². The second kappa shape index (κ2) is 10.6. The Morgan fingerprint density at radius 1 is 1.15 bits per heavy atom. The molecule has 2 aromatic carbocycles. The van der Waals surface area contributed by atoms with Crippen LogP contribution in [0.3, 0.4) is 0 Å². The van der Waals surface area contributed by atoms with E-state index < -0.39 is 15.8 Å². The number of rotatable bonds is 9. The van der Waals surface area contributed by atoms with E-state index in [9.17, 15) is 22.4 Å². The van der Waals surface area contributed by atoms with Crippen LogP contribution in [0.4, 0.5) is 10.1 Å². The van der Waals surface area contributed by atoms with Crippen LogP contribution in [0.25, 0.3) is 22.0 Å². The van der Waals surface area contributed by atoms with E-state index in [1.807, 2.05) is 0 Å². The Hall–Kier alpha value is -4.03. The van der Waals surface area contributed by atoms with Crippen LogP contribution in [-0.4, -0.2) is 42.0 Å². The van der Waals surface area contributed by atoms with Crippen molar-refractivity contribution in [2.75, 3.05) is 11.8 Å². The van der Waals surface area contributed by atoms with Gasteiger partial charge in [0.2, 0.25) is 11.8 Å². The Morgan fingerprint density at radius 3 is 2.67 bits per heavy atom. The van der Waals surface area contributed by atoms with E-state index in [2.05, 4.69) is 20.0 Å². The average Bonchev–Trinajstić information content (AvgIpc) is 3.71. The molecule has 1 amide bonds. The lowest BCUT2D eigenvalue weighted by Crippen LogP contribution is -2.28. The molecular weight excluding hydrogens is 549 g/mol. The van der Waals surface area contributed by atoms with Crippen LogP contribution in [0.1, 0.15) is 19.3 Å². The van der Waals surface area contributed by atoms with E-state index in [4.69, 9.17) is 16.3 Å². The molecule has 0 unspecified atom stereocenters. The van der Waals surface area contributed by atoms with Gasteiger partial charge in [-0.3, -0.25) is 18.9 Å². The van der Waals surface area contributed by atoms with Gasteiger partial charge >= 0.3 is 0 Å². The molecule has 202 valence electrons. The average molecular weight is 572 g/mol. The van der Waals surface area contributed by atoms with Gasteiger partial charge in [0.15, 0.2) is 0 Å². The minimum Gasteiger partial charge on any atom is -0.480 e. The number of sulfonamides is 1. The first kappa shape index (κ1) is 26.6. The van der Waals surface area contributed by atoms with Crippen LogP contribution in [-0.2, 0) is 21.4 Å². The van der Waals surface area contributed by atoms with Crippen LogP contribution in [0, 0.1) is 5.82 Å². The predicted octanol–water partition coefficient (Wildman–Crippen LogP) is 3.73. The summed E-state index contributed by atoms with van der Waals surface area (Å²) in [5.41, 5.74) is 1.23. The second-order valence-corrected chi connectivity index (χ2v) is 11.1. The van der Waals surface area contributed by atoms with Gasteiger partial charge in [0.25, 0.3) is 15.6 Å². The van der Waals surface area contributed by atoms with E-state index in [-0.39, 0.29) is 52.0 Å². The second-order valence-electron chi connectivity index (χ2n) is 9.03. The molecule has 39 heavy (non-hydrogen) atoms. The van der Waals surface area contributed by atoms with Crippen LogP contribution in [0.5, 0.6) is 5.88 Å². The lowest BCUT2D eigenvalue weighted by atomic mass is 10.1. The van der Waals surface area contributed by atoms with Gasteiger partial charge in [-0.15, -0.1) is 0 Å². The van der Waals surface area contributed by atoms with Crippen molar-refractivity contribution in [3.63, 3.8) is 0 Å². The lowest BCUT2D eigenvalue weighted by molar-refractivity contribution is -0.121. The summed E-state index contributed by atoms with van der Waals surface area (Å²) >= 11 is 5.96. The molecule has 2 aromatic heterocycles. The molecule has 10 nitrogen and oxygen atoms in total. The smallest absolute Gasteiger partial charge is 0.263 e. The van der Waals surface area contributed by atoms with Crippen molar-refractivity contribution >= 4 is 44.1 Å². The normalized spacial score (nSPS) is 13.3. The van der Waals surface area contributed by atoms with Crippen LogP contribution < -0.4 is 20.3 Å². The molecule has 5 rings (SSSR count). The molecule has 0 spiro atoms. The number of fused-ring (bicyclic) bond motifs is 1. The molecule has 0 radical (unpaired) electrons. The van der Waals surface area contributed by atoms with Gasteiger partial charge < -0.3 is 10.1 Å². The van der Waals surface area contributed by atoms with E-state index in [0.717, 1.165) is 31.0 Å². The van der Waals surface area contributed by atoms with Gasteiger partial charge in [-0.1, -0.05) is 17.7 Å². The van der Waals surface area contributed by atoms with Gasteiger partial charge in [-0.2, -0.15) is 0 Å². The molecule has 4 aromatic rings. The summed E-state index contributed by atoms with van der Waals surface area (Å²) in [4.78, 5) is 33.4. The summed E-state index contributed by atoms with van der Waals surface area (Å²) in [6.45, 7) is 0.187. The summed E-state index contributed by atoms with van der Waals surface area (Å²) in [5, 5.41) is 2.94. The zero-order valence-electron chi connectivity index (χ0n) is 20.6. The van der Waals surface area contributed by atoms with Crippen molar-refractivity contribution in [1.29, 1.82) is 0 Å². The van der Waals surface area contributed by atoms with Crippen LogP contribution >= 0.6 is 11.6 Å². The largest absolute Gasteiger partial charge is 0.480 e. The summed E-state index contributed by atoms with van der Waals surface area (Å²) in [6, 6.07) is 9.71. The molecule has 0 bridgehead atoms. The molecule has 13 heteroatoms. The molecule has 2 N–H and O–H groups in total.